The van der Waals surface area contributed by atoms with Crippen LogP contribution in [0.25, 0.3) is 0 Å². The lowest BCUT2D eigenvalue weighted by Gasteiger charge is -2.30. The van der Waals surface area contributed by atoms with Gasteiger partial charge in [-0.05, 0) is 24.1 Å². The summed E-state index contributed by atoms with van der Waals surface area (Å²) in [5.74, 6) is -1.61. The van der Waals surface area contributed by atoms with Crippen LogP contribution in [0.1, 0.15) is 18.9 Å². The van der Waals surface area contributed by atoms with Crippen LogP contribution in [-0.2, 0) is 19.9 Å². The topological polar surface area (TPSA) is 75.6 Å². The van der Waals surface area contributed by atoms with E-state index in [1.807, 2.05) is 0 Å². The van der Waals surface area contributed by atoms with Crippen LogP contribution in [-0.4, -0.2) is 30.7 Å². The quantitative estimate of drug-likeness (QED) is 0.835. The molecule has 0 aliphatic heterocycles. The Morgan fingerprint density at radius 1 is 1.37 bits per heavy atom. The zero-order chi connectivity index (χ0) is 14.5. The Morgan fingerprint density at radius 2 is 1.95 bits per heavy atom. The number of ether oxygens (including phenoxy) is 1. The third kappa shape index (κ3) is 3.45. The van der Waals surface area contributed by atoms with Crippen molar-refractivity contribution in [3.8, 4) is 0 Å². The third-order valence-corrected chi connectivity index (χ3v) is 3.11. The summed E-state index contributed by atoms with van der Waals surface area (Å²) in [7, 11) is 1.37. The van der Waals surface area contributed by atoms with Crippen molar-refractivity contribution >= 4 is 23.5 Å². The van der Waals surface area contributed by atoms with Gasteiger partial charge in [-0.2, -0.15) is 0 Å². The van der Waals surface area contributed by atoms with Crippen molar-refractivity contribution in [3.05, 3.63) is 34.9 Å². The molecule has 0 heterocycles. The number of halogens is 1. The number of carbonyl (C=O) groups excluding carboxylic acids is 1. The number of carboxylic acids is 1. The second kappa shape index (κ2) is 6.54. The molecule has 1 amide bonds. The van der Waals surface area contributed by atoms with Gasteiger partial charge < -0.3 is 15.2 Å². The van der Waals surface area contributed by atoms with Crippen LogP contribution < -0.4 is 5.32 Å². The normalized spacial score (nSPS) is 13.6. The fourth-order valence-electron chi connectivity index (χ4n) is 1.83. The van der Waals surface area contributed by atoms with Gasteiger partial charge in [-0.3, -0.25) is 4.79 Å². The Kier molecular flexibility index (Phi) is 5.32. The zero-order valence-corrected chi connectivity index (χ0v) is 11.5. The lowest BCUT2D eigenvalue weighted by atomic mass is 9.87. The van der Waals surface area contributed by atoms with Gasteiger partial charge in [0, 0.05) is 12.1 Å². The van der Waals surface area contributed by atoms with Crippen LogP contribution in [0.5, 0.6) is 0 Å². The zero-order valence-electron chi connectivity index (χ0n) is 10.8. The monoisotopic (exact) mass is 285 g/mol. The predicted octanol–water partition coefficient (Wildman–Crippen LogP) is 1.79. The summed E-state index contributed by atoms with van der Waals surface area (Å²) in [6, 6.07) is 6.36. The highest BCUT2D eigenvalue weighted by Crippen LogP contribution is 2.27. The fraction of sp³-hybridized carbons (Fsp3) is 0.385. The first-order chi connectivity index (χ1) is 8.96. The smallest absolute Gasteiger partial charge is 0.334 e. The van der Waals surface area contributed by atoms with Gasteiger partial charge >= 0.3 is 5.97 Å². The lowest BCUT2D eigenvalue weighted by molar-refractivity contribution is -0.149. The largest absolute Gasteiger partial charge is 0.479 e. The SMILES string of the molecule is CCC(NC(=O)COC)(C(=O)O)c1ccc(Cl)cc1. The van der Waals surface area contributed by atoms with E-state index in [4.69, 9.17) is 16.3 Å². The summed E-state index contributed by atoms with van der Waals surface area (Å²) in [6.45, 7) is 1.50. The van der Waals surface area contributed by atoms with Gasteiger partial charge in [0.05, 0.1) is 0 Å². The van der Waals surface area contributed by atoms with Gasteiger partial charge in [-0.15, -0.1) is 0 Å². The first-order valence-electron chi connectivity index (χ1n) is 5.75. The summed E-state index contributed by atoms with van der Waals surface area (Å²) in [5.41, 5.74) is -1.00. The predicted molar refractivity (Wildman–Crippen MR) is 71.1 cm³/mol. The molecule has 1 rings (SSSR count). The summed E-state index contributed by atoms with van der Waals surface area (Å²) in [4.78, 5) is 23.2. The van der Waals surface area contributed by atoms with Crippen LogP contribution in [0.15, 0.2) is 24.3 Å². The van der Waals surface area contributed by atoms with Crippen molar-refractivity contribution in [2.45, 2.75) is 18.9 Å². The average Bonchev–Trinajstić information content (AvgIpc) is 2.37. The molecular weight excluding hydrogens is 270 g/mol. The third-order valence-electron chi connectivity index (χ3n) is 2.86. The molecule has 0 aromatic heterocycles. The van der Waals surface area contributed by atoms with E-state index in [1.165, 1.54) is 7.11 Å². The number of carbonyl (C=O) groups is 2. The number of aliphatic carboxylic acids is 1. The standard InChI is InChI=1S/C13H16ClNO4/c1-3-13(12(17)18,15-11(16)8-19-2)9-4-6-10(14)7-5-9/h4-7H,3,8H2,1-2H3,(H,15,16)(H,17,18). The van der Waals surface area contributed by atoms with E-state index >= 15 is 0 Å². The Labute approximate surface area is 116 Å². The molecule has 19 heavy (non-hydrogen) atoms. The summed E-state index contributed by atoms with van der Waals surface area (Å²) < 4.78 is 4.70. The molecule has 0 radical (unpaired) electrons. The van der Waals surface area contributed by atoms with E-state index in [-0.39, 0.29) is 13.0 Å². The minimum Gasteiger partial charge on any atom is -0.479 e. The van der Waals surface area contributed by atoms with E-state index in [0.29, 0.717) is 10.6 Å². The number of nitrogens with one attached hydrogen (secondary N) is 1. The minimum atomic E-state index is -1.47. The lowest BCUT2D eigenvalue weighted by Crippen LogP contribution is -2.52. The molecule has 0 aliphatic carbocycles. The van der Waals surface area contributed by atoms with E-state index in [1.54, 1.807) is 31.2 Å². The highest BCUT2D eigenvalue weighted by atomic mass is 35.5. The highest BCUT2D eigenvalue weighted by molar-refractivity contribution is 6.30. The summed E-state index contributed by atoms with van der Waals surface area (Å²) >= 11 is 5.79. The maximum Gasteiger partial charge on any atom is 0.334 e. The minimum absolute atomic E-state index is 0.192. The maximum atomic E-state index is 11.6. The number of amides is 1. The molecule has 5 nitrogen and oxygen atoms in total. The fourth-order valence-corrected chi connectivity index (χ4v) is 1.96. The molecule has 1 unspecified atom stereocenters. The van der Waals surface area contributed by atoms with Crippen molar-refractivity contribution in [3.63, 3.8) is 0 Å². The first-order valence-corrected chi connectivity index (χ1v) is 6.13. The van der Waals surface area contributed by atoms with Crippen molar-refractivity contribution in [2.24, 2.45) is 0 Å². The second-order valence-electron chi connectivity index (χ2n) is 4.05. The van der Waals surface area contributed by atoms with Gasteiger partial charge in [0.1, 0.15) is 6.61 Å². The van der Waals surface area contributed by atoms with Crippen LogP contribution in [0.2, 0.25) is 5.02 Å². The second-order valence-corrected chi connectivity index (χ2v) is 4.49. The van der Waals surface area contributed by atoms with E-state index in [0.717, 1.165) is 0 Å². The molecular formula is C13H16ClNO4. The van der Waals surface area contributed by atoms with Crippen molar-refractivity contribution < 1.29 is 19.4 Å². The van der Waals surface area contributed by atoms with Gasteiger partial charge in [-0.25, -0.2) is 4.79 Å². The molecule has 1 aromatic carbocycles. The molecule has 2 N–H and O–H groups in total. The molecule has 0 fully saturated rings. The van der Waals surface area contributed by atoms with Gasteiger partial charge in [0.15, 0.2) is 5.54 Å². The first kappa shape index (κ1) is 15.5. The highest BCUT2D eigenvalue weighted by Gasteiger charge is 2.40. The van der Waals surface area contributed by atoms with E-state index < -0.39 is 17.4 Å². The Morgan fingerprint density at radius 3 is 2.37 bits per heavy atom. The molecule has 1 aromatic rings. The van der Waals surface area contributed by atoms with Gasteiger partial charge in [-0.1, -0.05) is 30.7 Å². The van der Waals surface area contributed by atoms with E-state index in [2.05, 4.69) is 5.32 Å². The molecule has 0 spiro atoms. The average molecular weight is 286 g/mol. The number of hydrogen-bond acceptors (Lipinski definition) is 3. The number of carboxylic acid groups (broad SMARTS) is 1. The molecule has 0 bridgehead atoms. The van der Waals surface area contributed by atoms with Crippen molar-refractivity contribution in [1.82, 2.24) is 5.32 Å². The maximum absolute atomic E-state index is 11.6. The number of methoxy groups -OCH3 is 1. The van der Waals surface area contributed by atoms with Crippen LogP contribution in [0, 0.1) is 0 Å². The number of benzene rings is 1. The Balaban J connectivity index is 3.15. The summed E-state index contributed by atoms with van der Waals surface area (Å²) in [6.07, 6.45) is 0.208. The van der Waals surface area contributed by atoms with Gasteiger partial charge in [0.2, 0.25) is 5.91 Å². The molecule has 0 saturated carbocycles. The van der Waals surface area contributed by atoms with Gasteiger partial charge in [0.25, 0.3) is 0 Å². The summed E-state index contributed by atoms with van der Waals surface area (Å²) in [5, 5.41) is 12.5. The van der Waals surface area contributed by atoms with Crippen LogP contribution in [0.4, 0.5) is 0 Å². The molecule has 0 aliphatic rings. The number of hydrogen-bond donors (Lipinski definition) is 2. The van der Waals surface area contributed by atoms with Crippen LogP contribution >= 0.6 is 11.6 Å². The number of rotatable bonds is 6. The van der Waals surface area contributed by atoms with E-state index in [9.17, 15) is 14.7 Å². The van der Waals surface area contributed by atoms with Crippen molar-refractivity contribution in [1.29, 1.82) is 0 Å². The van der Waals surface area contributed by atoms with Crippen LogP contribution in [0.3, 0.4) is 0 Å². The molecule has 104 valence electrons. The Bertz CT molecular complexity index is 460. The van der Waals surface area contributed by atoms with Crippen molar-refractivity contribution in [2.75, 3.05) is 13.7 Å². The Hall–Kier alpha value is -1.59. The molecule has 0 saturated heterocycles. The molecule has 6 heteroatoms. The molecule has 1 atom stereocenters.